The second-order valence-corrected chi connectivity index (χ2v) is 6.90. The first kappa shape index (κ1) is 18.6. The van der Waals surface area contributed by atoms with Crippen LogP contribution in [0.2, 0.25) is 0 Å². The summed E-state index contributed by atoms with van der Waals surface area (Å²) in [5.74, 6) is -0.141. The van der Waals surface area contributed by atoms with Crippen molar-refractivity contribution in [3.05, 3.63) is 71.8 Å². The normalized spacial score (nSPS) is 16.3. The Bertz CT molecular complexity index is 644. The lowest BCUT2D eigenvalue weighted by Gasteiger charge is -2.33. The number of carbonyl (C=O) groups excluding carboxylic acids is 1. The van der Waals surface area contributed by atoms with E-state index in [1.165, 1.54) is 0 Å². The number of esters is 1. The Balaban J connectivity index is 1.87. The van der Waals surface area contributed by atoms with Crippen LogP contribution in [0.1, 0.15) is 30.9 Å². The van der Waals surface area contributed by atoms with Gasteiger partial charge < -0.3 is 9.84 Å². The first-order valence-electron chi connectivity index (χ1n) is 9.35. The Hall–Kier alpha value is -2.17. The molecular formula is C22H27NO3. The Kier molecular flexibility index (Phi) is 6.42. The highest BCUT2D eigenvalue weighted by molar-refractivity contribution is 5.76. The minimum Gasteiger partial charge on any atom is -0.465 e. The summed E-state index contributed by atoms with van der Waals surface area (Å²) in [5.41, 5.74) is 2.22. The zero-order chi connectivity index (χ0) is 18.4. The number of nitrogens with zero attached hydrogens (tertiary/aromatic N) is 1. The third-order valence-corrected chi connectivity index (χ3v) is 4.81. The molecule has 26 heavy (non-hydrogen) atoms. The molecule has 4 heteroatoms. The van der Waals surface area contributed by atoms with Crippen molar-refractivity contribution in [2.45, 2.75) is 45.0 Å². The van der Waals surface area contributed by atoms with Crippen molar-refractivity contribution in [3.8, 4) is 0 Å². The molecule has 0 aromatic heterocycles. The quantitative estimate of drug-likeness (QED) is 0.702. The highest BCUT2D eigenvalue weighted by Crippen LogP contribution is 2.36. The standard InChI is InChI=1S/C22H27NO3/c1-2-26-22(25)20(21(24)19-13-14-19)23(15-17-9-5-3-6-10-17)16-18-11-7-4-8-12-18/h3-12,19-21,24H,2,13-16H2,1H3/t20-,21+/m0/s1. The molecule has 1 saturated carbocycles. The molecule has 0 bridgehead atoms. The van der Waals surface area contributed by atoms with E-state index in [1.54, 1.807) is 6.92 Å². The van der Waals surface area contributed by atoms with Crippen molar-refractivity contribution >= 4 is 5.97 Å². The van der Waals surface area contributed by atoms with Crippen molar-refractivity contribution in [2.24, 2.45) is 5.92 Å². The second kappa shape index (κ2) is 8.97. The van der Waals surface area contributed by atoms with E-state index in [0.29, 0.717) is 19.7 Å². The van der Waals surface area contributed by atoms with Crippen LogP contribution in [-0.2, 0) is 22.6 Å². The summed E-state index contributed by atoms with van der Waals surface area (Å²) in [6, 6.07) is 19.5. The molecule has 1 aliphatic rings. The van der Waals surface area contributed by atoms with E-state index in [2.05, 4.69) is 0 Å². The summed E-state index contributed by atoms with van der Waals surface area (Å²) >= 11 is 0. The number of rotatable bonds is 9. The van der Waals surface area contributed by atoms with E-state index >= 15 is 0 Å². The van der Waals surface area contributed by atoms with Gasteiger partial charge in [-0.2, -0.15) is 0 Å². The maximum atomic E-state index is 12.7. The van der Waals surface area contributed by atoms with Crippen LogP contribution in [-0.4, -0.2) is 34.7 Å². The van der Waals surface area contributed by atoms with Gasteiger partial charge in [-0.15, -0.1) is 0 Å². The zero-order valence-corrected chi connectivity index (χ0v) is 15.3. The molecule has 0 heterocycles. The second-order valence-electron chi connectivity index (χ2n) is 6.90. The largest absolute Gasteiger partial charge is 0.465 e. The SMILES string of the molecule is CCOC(=O)[C@H]([C@H](O)C1CC1)N(Cc1ccccc1)Cc1ccccc1. The molecule has 1 fully saturated rings. The maximum absolute atomic E-state index is 12.7. The van der Waals surface area contributed by atoms with Gasteiger partial charge in [0.15, 0.2) is 0 Å². The molecule has 4 nitrogen and oxygen atoms in total. The Labute approximate surface area is 155 Å². The smallest absolute Gasteiger partial charge is 0.326 e. The molecule has 1 aliphatic carbocycles. The number of carbonyl (C=O) groups is 1. The third kappa shape index (κ3) is 4.93. The lowest BCUT2D eigenvalue weighted by atomic mass is 10.0. The first-order chi connectivity index (χ1) is 12.7. The Morgan fingerprint density at radius 1 is 1.04 bits per heavy atom. The fraction of sp³-hybridized carbons (Fsp3) is 0.409. The summed E-state index contributed by atoms with van der Waals surface area (Å²) < 4.78 is 5.32. The first-order valence-corrected chi connectivity index (χ1v) is 9.35. The van der Waals surface area contributed by atoms with E-state index in [1.807, 2.05) is 65.6 Å². The minimum atomic E-state index is -0.693. The molecule has 2 aromatic carbocycles. The summed E-state index contributed by atoms with van der Waals surface area (Å²) in [5, 5.41) is 10.8. The topological polar surface area (TPSA) is 49.8 Å². The summed E-state index contributed by atoms with van der Waals surface area (Å²) in [4.78, 5) is 14.8. The van der Waals surface area contributed by atoms with Gasteiger partial charge in [0.25, 0.3) is 0 Å². The van der Waals surface area contributed by atoms with Crippen molar-refractivity contribution in [1.82, 2.24) is 4.90 Å². The fourth-order valence-electron chi connectivity index (χ4n) is 3.32. The average molecular weight is 353 g/mol. The van der Waals surface area contributed by atoms with Gasteiger partial charge in [0, 0.05) is 13.1 Å². The van der Waals surface area contributed by atoms with Crippen LogP contribution in [0.25, 0.3) is 0 Å². The number of aliphatic hydroxyl groups excluding tert-OH is 1. The molecule has 0 saturated heterocycles. The van der Waals surface area contributed by atoms with Crippen LogP contribution in [0.4, 0.5) is 0 Å². The van der Waals surface area contributed by atoms with Gasteiger partial charge in [0.2, 0.25) is 0 Å². The summed E-state index contributed by atoms with van der Waals surface area (Å²) in [6.45, 7) is 3.29. The van der Waals surface area contributed by atoms with E-state index < -0.39 is 12.1 Å². The number of hydrogen-bond donors (Lipinski definition) is 1. The van der Waals surface area contributed by atoms with E-state index in [0.717, 1.165) is 24.0 Å². The molecule has 2 atom stereocenters. The molecule has 138 valence electrons. The number of hydrogen-bond acceptors (Lipinski definition) is 4. The number of aliphatic hydroxyl groups is 1. The highest BCUT2D eigenvalue weighted by atomic mass is 16.5. The van der Waals surface area contributed by atoms with Crippen LogP contribution in [0.3, 0.4) is 0 Å². The predicted octanol–water partition coefficient (Wildman–Crippen LogP) is 3.39. The molecule has 3 rings (SSSR count). The third-order valence-electron chi connectivity index (χ3n) is 4.81. The van der Waals surface area contributed by atoms with Gasteiger partial charge in [-0.25, -0.2) is 0 Å². The van der Waals surface area contributed by atoms with Gasteiger partial charge in [-0.1, -0.05) is 60.7 Å². The van der Waals surface area contributed by atoms with Crippen molar-refractivity contribution in [1.29, 1.82) is 0 Å². The fourth-order valence-corrected chi connectivity index (χ4v) is 3.32. The molecular weight excluding hydrogens is 326 g/mol. The predicted molar refractivity (Wildman–Crippen MR) is 101 cm³/mol. The molecule has 0 unspecified atom stereocenters. The molecule has 2 aromatic rings. The van der Waals surface area contributed by atoms with Crippen LogP contribution in [0.5, 0.6) is 0 Å². The lowest BCUT2D eigenvalue weighted by Crippen LogP contribution is -2.50. The lowest BCUT2D eigenvalue weighted by molar-refractivity contribution is -0.155. The Morgan fingerprint density at radius 3 is 1.96 bits per heavy atom. The van der Waals surface area contributed by atoms with E-state index in [4.69, 9.17) is 4.74 Å². The van der Waals surface area contributed by atoms with Gasteiger partial charge in [0.1, 0.15) is 6.04 Å². The molecule has 0 spiro atoms. The van der Waals surface area contributed by atoms with E-state index in [-0.39, 0.29) is 11.9 Å². The maximum Gasteiger partial charge on any atom is 0.326 e. The molecule has 1 N–H and O–H groups in total. The highest BCUT2D eigenvalue weighted by Gasteiger charge is 2.42. The van der Waals surface area contributed by atoms with Crippen molar-refractivity contribution in [3.63, 3.8) is 0 Å². The molecule has 0 radical (unpaired) electrons. The van der Waals surface area contributed by atoms with Gasteiger partial charge in [0.05, 0.1) is 12.7 Å². The van der Waals surface area contributed by atoms with Crippen molar-refractivity contribution < 1.29 is 14.6 Å². The van der Waals surface area contributed by atoms with Crippen LogP contribution in [0.15, 0.2) is 60.7 Å². The van der Waals surface area contributed by atoms with Crippen LogP contribution in [0, 0.1) is 5.92 Å². The average Bonchev–Trinajstić information content (AvgIpc) is 3.49. The van der Waals surface area contributed by atoms with E-state index in [9.17, 15) is 9.90 Å². The van der Waals surface area contributed by atoms with Gasteiger partial charge >= 0.3 is 5.97 Å². The number of benzene rings is 2. The zero-order valence-electron chi connectivity index (χ0n) is 15.3. The molecule has 0 aliphatic heterocycles. The monoisotopic (exact) mass is 353 g/mol. The van der Waals surface area contributed by atoms with Gasteiger partial charge in [-0.3, -0.25) is 9.69 Å². The minimum absolute atomic E-state index is 0.193. The van der Waals surface area contributed by atoms with Crippen LogP contribution >= 0.6 is 0 Å². The Morgan fingerprint density at radius 2 is 1.54 bits per heavy atom. The van der Waals surface area contributed by atoms with Crippen LogP contribution < -0.4 is 0 Å². The van der Waals surface area contributed by atoms with Gasteiger partial charge in [-0.05, 0) is 36.8 Å². The number of ether oxygens (including phenoxy) is 1. The summed E-state index contributed by atoms with van der Waals surface area (Å²) in [7, 11) is 0. The van der Waals surface area contributed by atoms with Crippen molar-refractivity contribution in [2.75, 3.05) is 6.61 Å². The molecule has 0 amide bonds. The summed E-state index contributed by atoms with van der Waals surface area (Å²) in [6.07, 6.45) is 1.25.